The van der Waals surface area contributed by atoms with Gasteiger partial charge in [0, 0.05) is 24.7 Å². The zero-order valence-electron chi connectivity index (χ0n) is 12.3. The molecule has 0 aromatic carbocycles. The number of furan rings is 1. The van der Waals surface area contributed by atoms with Crippen LogP contribution < -0.4 is 5.32 Å². The normalized spacial score (nSPS) is 12.7. The molecule has 0 aliphatic rings. The maximum absolute atomic E-state index is 12.0. The van der Waals surface area contributed by atoms with Crippen molar-refractivity contribution < 1.29 is 14.3 Å². The smallest absolute Gasteiger partial charge is 0.287 e. The summed E-state index contributed by atoms with van der Waals surface area (Å²) in [5, 5.41) is 11.8. The molecular formula is C14H23ClN2O3. The Morgan fingerprint density at radius 2 is 2.30 bits per heavy atom. The van der Waals surface area contributed by atoms with Crippen LogP contribution in [-0.4, -0.2) is 48.2 Å². The maximum atomic E-state index is 12.0. The fourth-order valence-electron chi connectivity index (χ4n) is 2.04. The number of hydrogen-bond donors (Lipinski definition) is 2. The van der Waals surface area contributed by atoms with Gasteiger partial charge in [0.05, 0.1) is 12.5 Å². The van der Waals surface area contributed by atoms with Crippen LogP contribution in [0.15, 0.2) is 10.5 Å². The van der Waals surface area contributed by atoms with Crippen LogP contribution in [0.25, 0.3) is 0 Å². The number of aliphatic hydroxyl groups excluding tert-OH is 1. The molecule has 1 unspecified atom stereocenters. The molecule has 1 heterocycles. The fourth-order valence-corrected chi connectivity index (χ4v) is 2.30. The number of rotatable bonds is 8. The van der Waals surface area contributed by atoms with Crippen LogP contribution in [0.1, 0.15) is 35.7 Å². The maximum Gasteiger partial charge on any atom is 0.287 e. The molecule has 2 N–H and O–H groups in total. The molecule has 1 atom stereocenters. The first-order valence-corrected chi connectivity index (χ1v) is 7.35. The number of halogens is 1. The summed E-state index contributed by atoms with van der Waals surface area (Å²) < 4.78 is 5.38. The summed E-state index contributed by atoms with van der Waals surface area (Å²) in [5.41, 5.74) is 0.834. The molecule has 0 aliphatic carbocycles. The Bertz CT molecular complexity index is 434. The fraction of sp³-hybridized carbons (Fsp3) is 0.643. The topological polar surface area (TPSA) is 65.7 Å². The summed E-state index contributed by atoms with van der Waals surface area (Å²) in [6, 6.07) is 1.83. The largest absolute Gasteiger partial charge is 0.456 e. The minimum atomic E-state index is -0.239. The Balaban J connectivity index is 2.53. The van der Waals surface area contributed by atoms with Gasteiger partial charge < -0.3 is 14.8 Å². The van der Waals surface area contributed by atoms with Gasteiger partial charge in [-0.25, -0.2) is 0 Å². The monoisotopic (exact) mass is 302 g/mol. The number of aryl methyl sites for hydroxylation is 1. The van der Waals surface area contributed by atoms with Crippen LogP contribution in [0.2, 0.25) is 0 Å². The minimum absolute atomic E-state index is 0.114. The summed E-state index contributed by atoms with van der Waals surface area (Å²) in [6.07, 6.45) is 0. The van der Waals surface area contributed by atoms with Gasteiger partial charge in [0.2, 0.25) is 0 Å². The molecule has 114 valence electrons. The summed E-state index contributed by atoms with van der Waals surface area (Å²) in [6.45, 7) is 7.87. The van der Waals surface area contributed by atoms with E-state index >= 15 is 0 Å². The van der Waals surface area contributed by atoms with Gasteiger partial charge >= 0.3 is 0 Å². The molecule has 0 bridgehead atoms. The van der Waals surface area contributed by atoms with E-state index in [4.69, 9.17) is 21.1 Å². The van der Waals surface area contributed by atoms with Gasteiger partial charge in [-0.3, -0.25) is 9.69 Å². The molecule has 0 aliphatic heterocycles. The van der Waals surface area contributed by atoms with Crippen molar-refractivity contribution in [2.75, 3.05) is 26.2 Å². The van der Waals surface area contributed by atoms with E-state index in [2.05, 4.69) is 10.2 Å². The Morgan fingerprint density at radius 3 is 2.80 bits per heavy atom. The van der Waals surface area contributed by atoms with Gasteiger partial charge in [-0.15, -0.1) is 11.6 Å². The number of carbonyl (C=O) groups excluding carboxylic acids is 1. The lowest BCUT2D eigenvalue weighted by atomic mass is 10.2. The number of nitrogens with one attached hydrogen (secondary N) is 1. The van der Waals surface area contributed by atoms with E-state index in [9.17, 15) is 4.79 Å². The van der Waals surface area contributed by atoms with Gasteiger partial charge in [0.25, 0.3) is 5.91 Å². The van der Waals surface area contributed by atoms with Crippen LogP contribution in [0.4, 0.5) is 0 Å². The standard InChI is InChI=1S/C14H23ClN2O3/c1-4-17(5-6-18)10(2)9-16-14(19)13-7-12(8-15)11(3)20-13/h7,10,18H,4-6,8-9H2,1-3H3,(H,16,19). The van der Waals surface area contributed by atoms with Crippen LogP contribution >= 0.6 is 11.6 Å². The Morgan fingerprint density at radius 1 is 1.60 bits per heavy atom. The van der Waals surface area contributed by atoms with Crippen molar-refractivity contribution in [1.29, 1.82) is 0 Å². The zero-order chi connectivity index (χ0) is 15.1. The van der Waals surface area contributed by atoms with Crippen molar-refractivity contribution in [3.05, 3.63) is 23.2 Å². The molecule has 5 nitrogen and oxygen atoms in total. The third kappa shape index (κ3) is 4.51. The second-order valence-corrected chi connectivity index (χ2v) is 5.00. The van der Waals surface area contributed by atoms with Crippen molar-refractivity contribution >= 4 is 17.5 Å². The first-order valence-electron chi connectivity index (χ1n) is 6.81. The first-order chi connectivity index (χ1) is 9.53. The number of amides is 1. The molecular weight excluding hydrogens is 280 g/mol. The average molecular weight is 303 g/mol. The SMILES string of the molecule is CCN(CCO)C(C)CNC(=O)c1cc(CCl)c(C)o1. The molecule has 20 heavy (non-hydrogen) atoms. The van der Waals surface area contributed by atoms with Crippen molar-refractivity contribution in [2.24, 2.45) is 0 Å². The van der Waals surface area contributed by atoms with E-state index in [0.717, 1.165) is 12.1 Å². The first kappa shape index (κ1) is 17.0. The zero-order valence-corrected chi connectivity index (χ0v) is 13.0. The van der Waals surface area contributed by atoms with Gasteiger partial charge in [0.1, 0.15) is 5.76 Å². The Hall–Kier alpha value is -1.04. The lowest BCUT2D eigenvalue weighted by molar-refractivity contribution is 0.0903. The molecule has 0 saturated heterocycles. The van der Waals surface area contributed by atoms with Gasteiger partial charge in [-0.05, 0) is 26.5 Å². The second kappa shape index (κ2) is 8.29. The quantitative estimate of drug-likeness (QED) is 0.718. The molecule has 0 spiro atoms. The highest BCUT2D eigenvalue weighted by atomic mass is 35.5. The van der Waals surface area contributed by atoms with E-state index < -0.39 is 0 Å². The van der Waals surface area contributed by atoms with Gasteiger partial charge in [0.15, 0.2) is 5.76 Å². The second-order valence-electron chi connectivity index (χ2n) is 4.74. The molecule has 6 heteroatoms. The molecule has 0 saturated carbocycles. The van der Waals surface area contributed by atoms with E-state index in [1.54, 1.807) is 13.0 Å². The third-order valence-corrected chi connectivity index (χ3v) is 3.65. The van der Waals surface area contributed by atoms with E-state index in [1.165, 1.54) is 0 Å². The van der Waals surface area contributed by atoms with Crippen LogP contribution in [-0.2, 0) is 5.88 Å². The Labute approximate surface area is 124 Å². The molecule has 0 radical (unpaired) electrons. The molecule has 1 aromatic rings. The average Bonchev–Trinajstić information content (AvgIpc) is 2.82. The predicted molar refractivity (Wildman–Crippen MR) is 79.1 cm³/mol. The highest BCUT2D eigenvalue weighted by Crippen LogP contribution is 2.16. The van der Waals surface area contributed by atoms with Crippen molar-refractivity contribution in [1.82, 2.24) is 10.2 Å². The lowest BCUT2D eigenvalue weighted by Gasteiger charge is -2.26. The number of hydrogen-bond acceptors (Lipinski definition) is 4. The Kier molecular flexibility index (Phi) is 7.05. The van der Waals surface area contributed by atoms with Crippen molar-refractivity contribution in [3.63, 3.8) is 0 Å². The predicted octanol–water partition coefficient (Wildman–Crippen LogP) is 1.76. The summed E-state index contributed by atoms with van der Waals surface area (Å²) in [7, 11) is 0. The summed E-state index contributed by atoms with van der Waals surface area (Å²) in [4.78, 5) is 14.1. The lowest BCUT2D eigenvalue weighted by Crippen LogP contribution is -2.43. The minimum Gasteiger partial charge on any atom is -0.456 e. The molecule has 1 aromatic heterocycles. The summed E-state index contributed by atoms with van der Waals surface area (Å²) >= 11 is 5.75. The third-order valence-electron chi connectivity index (χ3n) is 3.36. The summed E-state index contributed by atoms with van der Waals surface area (Å²) in [5.74, 6) is 1.06. The number of likely N-dealkylation sites (N-methyl/N-ethyl adjacent to an activating group) is 1. The molecule has 1 rings (SSSR count). The molecule has 1 amide bonds. The van der Waals surface area contributed by atoms with Crippen molar-refractivity contribution in [2.45, 2.75) is 32.7 Å². The number of nitrogens with zero attached hydrogens (tertiary/aromatic N) is 1. The van der Waals surface area contributed by atoms with E-state index in [-0.39, 0.29) is 24.3 Å². The number of carbonyl (C=O) groups is 1. The van der Waals surface area contributed by atoms with Gasteiger partial charge in [-0.2, -0.15) is 0 Å². The van der Waals surface area contributed by atoms with Gasteiger partial charge in [-0.1, -0.05) is 6.92 Å². The number of aliphatic hydroxyl groups is 1. The van der Waals surface area contributed by atoms with Crippen LogP contribution in [0.3, 0.4) is 0 Å². The van der Waals surface area contributed by atoms with Crippen LogP contribution in [0.5, 0.6) is 0 Å². The van der Waals surface area contributed by atoms with E-state index in [0.29, 0.717) is 24.7 Å². The highest BCUT2D eigenvalue weighted by molar-refractivity contribution is 6.17. The van der Waals surface area contributed by atoms with Crippen LogP contribution in [0, 0.1) is 6.92 Å². The molecule has 0 fully saturated rings. The highest BCUT2D eigenvalue weighted by Gasteiger charge is 2.16. The number of alkyl halides is 1. The van der Waals surface area contributed by atoms with Crippen molar-refractivity contribution in [3.8, 4) is 0 Å². The van der Waals surface area contributed by atoms with E-state index in [1.807, 2.05) is 13.8 Å².